The van der Waals surface area contributed by atoms with Crippen LogP contribution in [0.15, 0.2) is 40.8 Å². The maximum atomic E-state index is 13.2. The summed E-state index contributed by atoms with van der Waals surface area (Å²) in [6.07, 6.45) is 0. The van der Waals surface area contributed by atoms with Gasteiger partial charge in [-0.15, -0.1) is 0 Å². The van der Waals surface area contributed by atoms with Gasteiger partial charge in [0.05, 0.1) is 11.1 Å². The predicted molar refractivity (Wildman–Crippen MR) is 120 cm³/mol. The second-order valence-corrected chi connectivity index (χ2v) is 8.44. The number of hydrogen-bond donors (Lipinski definition) is 0. The van der Waals surface area contributed by atoms with Gasteiger partial charge < -0.3 is 18.8 Å². The number of carbonyl (C=O) groups is 2. The average Bonchev–Trinajstić information content (AvgIpc) is 3.25. The molecule has 6 nitrogen and oxygen atoms in total. The Kier molecular flexibility index (Phi) is 5.67. The van der Waals surface area contributed by atoms with Crippen molar-refractivity contribution in [2.45, 2.75) is 27.7 Å². The van der Waals surface area contributed by atoms with Gasteiger partial charge in [-0.3, -0.25) is 9.59 Å². The average molecular weight is 440 g/mol. The summed E-state index contributed by atoms with van der Waals surface area (Å²) in [5.74, 6) is 1.32. The number of aryl methyl sites for hydroxylation is 3. The highest BCUT2D eigenvalue weighted by Gasteiger charge is 2.29. The Bertz CT molecular complexity index is 1140. The van der Waals surface area contributed by atoms with Gasteiger partial charge >= 0.3 is 0 Å². The molecular formula is C24H26ClN3O3. The molecule has 0 radical (unpaired) electrons. The molecular weight excluding hydrogens is 414 g/mol. The molecule has 2 amide bonds. The first-order valence-electron chi connectivity index (χ1n) is 10.4. The molecule has 162 valence electrons. The molecule has 1 fully saturated rings. The minimum atomic E-state index is -0.0395. The second kappa shape index (κ2) is 8.27. The monoisotopic (exact) mass is 439 g/mol. The van der Waals surface area contributed by atoms with E-state index in [9.17, 15) is 9.59 Å². The van der Waals surface area contributed by atoms with Crippen LogP contribution >= 0.6 is 11.6 Å². The van der Waals surface area contributed by atoms with Crippen molar-refractivity contribution in [1.82, 2.24) is 14.4 Å². The van der Waals surface area contributed by atoms with Crippen molar-refractivity contribution in [2.75, 3.05) is 26.2 Å². The number of aromatic nitrogens is 1. The Hall–Kier alpha value is -2.99. The second-order valence-electron chi connectivity index (χ2n) is 8.01. The lowest BCUT2D eigenvalue weighted by Crippen LogP contribution is -2.50. The van der Waals surface area contributed by atoms with E-state index in [0.29, 0.717) is 48.1 Å². The first-order valence-corrected chi connectivity index (χ1v) is 10.7. The molecule has 1 aliphatic rings. The highest BCUT2D eigenvalue weighted by Crippen LogP contribution is 2.24. The third-order valence-corrected chi connectivity index (χ3v) is 6.12. The number of hydrogen-bond acceptors (Lipinski definition) is 3. The molecule has 3 heterocycles. The summed E-state index contributed by atoms with van der Waals surface area (Å²) in [5.41, 5.74) is 4.15. The fourth-order valence-electron chi connectivity index (χ4n) is 4.26. The Morgan fingerprint density at radius 3 is 1.90 bits per heavy atom. The quantitative estimate of drug-likeness (QED) is 0.601. The molecule has 3 aromatic rings. The van der Waals surface area contributed by atoms with Gasteiger partial charge in [0.15, 0.2) is 0 Å². The van der Waals surface area contributed by atoms with Crippen LogP contribution in [-0.2, 0) is 0 Å². The lowest BCUT2D eigenvalue weighted by molar-refractivity contribution is 0.0534. The summed E-state index contributed by atoms with van der Waals surface area (Å²) in [6.45, 7) is 9.60. The standard InChI is InChI=1S/C24H26ClN3O3/c1-15-13-21(17(3)28(15)20-7-5-19(25)6-8-20)23(29)26-9-11-27(12-10-26)24(30)22-14-16(2)31-18(22)4/h5-8,13-14H,9-12H2,1-4H3. The summed E-state index contributed by atoms with van der Waals surface area (Å²) >= 11 is 6.02. The van der Waals surface area contributed by atoms with E-state index in [2.05, 4.69) is 4.57 Å². The number of amides is 2. The molecule has 1 aliphatic heterocycles. The summed E-state index contributed by atoms with van der Waals surface area (Å²) in [4.78, 5) is 29.7. The van der Waals surface area contributed by atoms with E-state index in [1.807, 2.05) is 56.0 Å². The van der Waals surface area contributed by atoms with E-state index in [1.54, 1.807) is 17.9 Å². The summed E-state index contributed by atoms with van der Waals surface area (Å²) < 4.78 is 7.55. The van der Waals surface area contributed by atoms with E-state index in [1.165, 1.54) is 0 Å². The lowest BCUT2D eigenvalue weighted by atomic mass is 10.1. The van der Waals surface area contributed by atoms with Gasteiger partial charge in [0.1, 0.15) is 11.5 Å². The SMILES string of the molecule is Cc1cc(C(=O)N2CCN(C(=O)c3cc(C)n(-c4ccc(Cl)cc4)c3C)CC2)c(C)o1. The van der Waals surface area contributed by atoms with Crippen LogP contribution in [-0.4, -0.2) is 52.4 Å². The van der Waals surface area contributed by atoms with E-state index in [0.717, 1.165) is 22.8 Å². The fraction of sp³-hybridized carbons (Fsp3) is 0.333. The van der Waals surface area contributed by atoms with Crippen molar-refractivity contribution in [1.29, 1.82) is 0 Å². The van der Waals surface area contributed by atoms with Crippen molar-refractivity contribution >= 4 is 23.4 Å². The fourth-order valence-corrected chi connectivity index (χ4v) is 4.39. The van der Waals surface area contributed by atoms with Gasteiger partial charge in [-0.2, -0.15) is 0 Å². The van der Waals surface area contributed by atoms with Gasteiger partial charge in [-0.25, -0.2) is 0 Å². The molecule has 1 saturated heterocycles. The molecule has 0 atom stereocenters. The Morgan fingerprint density at radius 1 is 0.839 bits per heavy atom. The zero-order chi connectivity index (χ0) is 22.3. The lowest BCUT2D eigenvalue weighted by Gasteiger charge is -2.34. The highest BCUT2D eigenvalue weighted by atomic mass is 35.5. The van der Waals surface area contributed by atoms with Crippen molar-refractivity contribution in [3.63, 3.8) is 0 Å². The Morgan fingerprint density at radius 2 is 1.39 bits per heavy atom. The van der Waals surface area contributed by atoms with Crippen LogP contribution in [0.1, 0.15) is 43.6 Å². The van der Waals surface area contributed by atoms with Crippen LogP contribution in [0.25, 0.3) is 5.69 Å². The number of piperazine rings is 1. The van der Waals surface area contributed by atoms with Crippen LogP contribution < -0.4 is 0 Å². The molecule has 0 unspecified atom stereocenters. The zero-order valence-corrected chi connectivity index (χ0v) is 19.0. The first kappa shape index (κ1) is 21.2. The van der Waals surface area contributed by atoms with E-state index in [-0.39, 0.29) is 11.8 Å². The minimum absolute atomic E-state index is 0.00394. The highest BCUT2D eigenvalue weighted by molar-refractivity contribution is 6.30. The molecule has 0 spiro atoms. The number of carbonyl (C=O) groups excluding carboxylic acids is 2. The van der Waals surface area contributed by atoms with Gasteiger partial charge in [0, 0.05) is 48.3 Å². The predicted octanol–water partition coefficient (Wildman–Crippen LogP) is 4.56. The van der Waals surface area contributed by atoms with Crippen molar-refractivity contribution < 1.29 is 14.0 Å². The van der Waals surface area contributed by atoms with Crippen LogP contribution in [0.3, 0.4) is 0 Å². The molecule has 7 heteroatoms. The molecule has 4 rings (SSSR count). The maximum Gasteiger partial charge on any atom is 0.257 e. The summed E-state index contributed by atoms with van der Waals surface area (Å²) in [7, 11) is 0. The van der Waals surface area contributed by atoms with E-state index in [4.69, 9.17) is 16.0 Å². The smallest absolute Gasteiger partial charge is 0.257 e. The topological polar surface area (TPSA) is 58.7 Å². The number of benzene rings is 1. The number of furan rings is 1. The number of halogens is 1. The van der Waals surface area contributed by atoms with Crippen LogP contribution in [0.5, 0.6) is 0 Å². The van der Waals surface area contributed by atoms with Crippen molar-refractivity contribution in [2.24, 2.45) is 0 Å². The summed E-state index contributed by atoms with van der Waals surface area (Å²) in [6, 6.07) is 11.3. The molecule has 0 bridgehead atoms. The van der Waals surface area contributed by atoms with E-state index >= 15 is 0 Å². The number of rotatable bonds is 3. The van der Waals surface area contributed by atoms with Gasteiger partial charge in [0.2, 0.25) is 0 Å². The van der Waals surface area contributed by atoms with Crippen LogP contribution in [0.2, 0.25) is 5.02 Å². The Labute approximate surface area is 187 Å². The summed E-state index contributed by atoms with van der Waals surface area (Å²) in [5, 5.41) is 0.677. The minimum Gasteiger partial charge on any atom is -0.466 e. The van der Waals surface area contributed by atoms with Gasteiger partial charge in [-0.05, 0) is 64.1 Å². The van der Waals surface area contributed by atoms with Gasteiger partial charge in [-0.1, -0.05) is 11.6 Å². The zero-order valence-electron chi connectivity index (χ0n) is 18.2. The van der Waals surface area contributed by atoms with Crippen molar-refractivity contribution in [3.05, 3.63) is 75.5 Å². The normalized spacial score (nSPS) is 14.2. The van der Waals surface area contributed by atoms with E-state index < -0.39 is 0 Å². The third kappa shape index (κ3) is 4.00. The van der Waals surface area contributed by atoms with Crippen molar-refractivity contribution in [3.8, 4) is 5.69 Å². The van der Waals surface area contributed by atoms with Crippen LogP contribution in [0, 0.1) is 27.7 Å². The molecule has 0 N–H and O–H groups in total. The largest absolute Gasteiger partial charge is 0.466 e. The first-order chi connectivity index (χ1) is 14.8. The van der Waals surface area contributed by atoms with Gasteiger partial charge in [0.25, 0.3) is 11.8 Å². The Balaban J connectivity index is 1.48. The molecule has 31 heavy (non-hydrogen) atoms. The molecule has 1 aromatic carbocycles. The molecule has 0 saturated carbocycles. The molecule has 0 aliphatic carbocycles. The number of nitrogens with zero attached hydrogens (tertiary/aromatic N) is 3. The maximum absolute atomic E-state index is 13.2. The third-order valence-electron chi connectivity index (χ3n) is 5.87. The van der Waals surface area contributed by atoms with Crippen LogP contribution in [0.4, 0.5) is 0 Å². The molecule has 2 aromatic heterocycles.